The molecule has 0 radical (unpaired) electrons. The molecule has 9 heteroatoms. The van der Waals surface area contributed by atoms with E-state index in [0.29, 0.717) is 19.7 Å². The van der Waals surface area contributed by atoms with Gasteiger partial charge in [-0.05, 0) is 23.8 Å². The normalized spacial score (nSPS) is 17.4. The van der Waals surface area contributed by atoms with E-state index in [1.807, 2.05) is 30.3 Å². The zero-order valence-corrected chi connectivity index (χ0v) is 16.1. The number of methoxy groups -OCH3 is 1. The molecule has 1 atom stereocenters. The number of nitrogens with one attached hydrogen (secondary N) is 1. The molecule has 150 valence electrons. The van der Waals surface area contributed by atoms with Crippen LogP contribution in [0.1, 0.15) is 11.7 Å². The zero-order chi connectivity index (χ0) is 20.1. The van der Waals surface area contributed by atoms with Crippen molar-refractivity contribution in [2.24, 2.45) is 0 Å². The SMILES string of the molecule is COc1ccc(S(=O)(=O)NCC(=O)N2CCO[C@H](c3ccccc3)C2)cc1F. The number of carbonyl (C=O) groups is 1. The van der Waals surface area contributed by atoms with E-state index in [1.165, 1.54) is 19.2 Å². The maximum absolute atomic E-state index is 13.8. The number of halogens is 1. The average Bonchev–Trinajstić information content (AvgIpc) is 2.72. The monoisotopic (exact) mass is 408 g/mol. The van der Waals surface area contributed by atoms with Crippen LogP contribution in [0.25, 0.3) is 0 Å². The summed E-state index contributed by atoms with van der Waals surface area (Å²) in [5.74, 6) is -1.23. The molecule has 2 aromatic rings. The molecule has 0 unspecified atom stereocenters. The predicted molar refractivity (Wildman–Crippen MR) is 99.9 cm³/mol. The first-order valence-corrected chi connectivity index (χ1v) is 10.2. The molecule has 28 heavy (non-hydrogen) atoms. The van der Waals surface area contributed by atoms with Crippen LogP contribution in [0.2, 0.25) is 0 Å². The molecule has 1 aliphatic heterocycles. The summed E-state index contributed by atoms with van der Waals surface area (Å²) < 4.78 is 51.2. The van der Waals surface area contributed by atoms with Gasteiger partial charge in [-0.3, -0.25) is 4.79 Å². The first-order valence-electron chi connectivity index (χ1n) is 8.68. The van der Waals surface area contributed by atoms with Gasteiger partial charge in [0.25, 0.3) is 0 Å². The highest BCUT2D eigenvalue weighted by molar-refractivity contribution is 7.89. The first-order chi connectivity index (χ1) is 13.4. The summed E-state index contributed by atoms with van der Waals surface area (Å²) in [6.45, 7) is 0.655. The number of hydrogen-bond donors (Lipinski definition) is 1. The van der Waals surface area contributed by atoms with Crippen LogP contribution in [-0.4, -0.2) is 52.6 Å². The number of sulfonamides is 1. The summed E-state index contributed by atoms with van der Waals surface area (Å²) in [6.07, 6.45) is -0.258. The van der Waals surface area contributed by atoms with Gasteiger partial charge in [-0.15, -0.1) is 0 Å². The molecule has 0 aliphatic carbocycles. The molecule has 0 saturated carbocycles. The third-order valence-corrected chi connectivity index (χ3v) is 5.84. The average molecular weight is 408 g/mol. The van der Waals surface area contributed by atoms with Gasteiger partial charge in [0.1, 0.15) is 6.10 Å². The third-order valence-electron chi connectivity index (χ3n) is 4.44. The lowest BCUT2D eigenvalue weighted by molar-refractivity contribution is -0.137. The number of amides is 1. The van der Waals surface area contributed by atoms with E-state index < -0.39 is 22.4 Å². The summed E-state index contributed by atoms with van der Waals surface area (Å²) in [4.78, 5) is 13.7. The fourth-order valence-electron chi connectivity index (χ4n) is 2.91. The van der Waals surface area contributed by atoms with Crippen LogP contribution in [0, 0.1) is 5.82 Å². The Labute approximate surface area is 163 Å². The Balaban J connectivity index is 1.62. The zero-order valence-electron chi connectivity index (χ0n) is 15.3. The van der Waals surface area contributed by atoms with E-state index in [9.17, 15) is 17.6 Å². The van der Waals surface area contributed by atoms with Gasteiger partial charge in [0.2, 0.25) is 15.9 Å². The van der Waals surface area contributed by atoms with Gasteiger partial charge in [-0.1, -0.05) is 30.3 Å². The molecular weight excluding hydrogens is 387 g/mol. The minimum atomic E-state index is -4.03. The minimum Gasteiger partial charge on any atom is -0.494 e. The molecule has 1 N–H and O–H groups in total. The topological polar surface area (TPSA) is 84.9 Å². The van der Waals surface area contributed by atoms with Crippen LogP contribution in [0.5, 0.6) is 5.75 Å². The van der Waals surface area contributed by atoms with Crippen LogP contribution < -0.4 is 9.46 Å². The second-order valence-corrected chi connectivity index (χ2v) is 8.00. The van der Waals surface area contributed by atoms with E-state index in [-0.39, 0.29) is 22.7 Å². The molecule has 2 aromatic carbocycles. The maximum Gasteiger partial charge on any atom is 0.241 e. The maximum atomic E-state index is 13.8. The van der Waals surface area contributed by atoms with Crippen molar-refractivity contribution in [3.05, 3.63) is 59.9 Å². The highest BCUT2D eigenvalue weighted by atomic mass is 32.2. The van der Waals surface area contributed by atoms with Gasteiger partial charge < -0.3 is 14.4 Å². The summed E-state index contributed by atoms with van der Waals surface area (Å²) >= 11 is 0. The first kappa shape index (κ1) is 20.2. The fraction of sp³-hybridized carbons (Fsp3) is 0.316. The van der Waals surface area contributed by atoms with E-state index in [0.717, 1.165) is 11.6 Å². The number of rotatable bonds is 6. The third kappa shape index (κ3) is 4.67. The second kappa shape index (κ2) is 8.68. The summed E-state index contributed by atoms with van der Waals surface area (Å²) in [5.41, 5.74) is 0.953. The second-order valence-electron chi connectivity index (χ2n) is 6.23. The molecule has 1 saturated heterocycles. The number of ether oxygens (including phenoxy) is 2. The van der Waals surface area contributed by atoms with Gasteiger partial charge in [0.15, 0.2) is 11.6 Å². The Bertz CT molecular complexity index is 937. The largest absolute Gasteiger partial charge is 0.494 e. The van der Waals surface area contributed by atoms with Crippen molar-refractivity contribution < 1.29 is 27.1 Å². The standard InChI is InChI=1S/C19H21FN2O5S/c1-26-17-8-7-15(11-16(17)20)28(24,25)21-12-19(23)22-9-10-27-18(13-22)14-5-3-2-4-6-14/h2-8,11,18,21H,9-10,12-13H2,1H3/t18-/m0/s1. The number of benzene rings is 2. The molecule has 1 aliphatic rings. The molecule has 0 aromatic heterocycles. The van der Waals surface area contributed by atoms with Gasteiger partial charge in [-0.25, -0.2) is 17.5 Å². The molecule has 3 rings (SSSR count). The van der Waals surface area contributed by atoms with Crippen molar-refractivity contribution in [1.29, 1.82) is 0 Å². The van der Waals surface area contributed by atoms with Crippen LogP contribution in [0.4, 0.5) is 4.39 Å². The molecule has 1 heterocycles. The van der Waals surface area contributed by atoms with E-state index >= 15 is 0 Å². The minimum absolute atomic E-state index is 0.0599. The van der Waals surface area contributed by atoms with E-state index in [1.54, 1.807) is 4.90 Å². The summed E-state index contributed by atoms with van der Waals surface area (Å²) in [7, 11) is -2.75. The Morgan fingerprint density at radius 2 is 2.04 bits per heavy atom. The summed E-state index contributed by atoms with van der Waals surface area (Å²) in [6, 6.07) is 12.8. The van der Waals surface area contributed by atoms with Crippen LogP contribution in [0.3, 0.4) is 0 Å². The number of morpholine rings is 1. The molecule has 0 spiro atoms. The van der Waals surface area contributed by atoms with Crippen LogP contribution >= 0.6 is 0 Å². The highest BCUT2D eigenvalue weighted by Gasteiger charge is 2.26. The van der Waals surface area contributed by atoms with E-state index in [2.05, 4.69) is 4.72 Å². The van der Waals surface area contributed by atoms with Crippen LogP contribution in [0.15, 0.2) is 53.4 Å². The van der Waals surface area contributed by atoms with Crippen LogP contribution in [-0.2, 0) is 19.6 Å². The lowest BCUT2D eigenvalue weighted by Crippen LogP contribution is -2.46. The fourth-order valence-corrected chi connectivity index (χ4v) is 3.90. The van der Waals surface area contributed by atoms with Crippen molar-refractivity contribution in [2.75, 3.05) is 33.4 Å². The Kier molecular flexibility index (Phi) is 6.28. The van der Waals surface area contributed by atoms with Crippen molar-refractivity contribution in [3.8, 4) is 5.75 Å². The Morgan fingerprint density at radius 1 is 1.29 bits per heavy atom. The van der Waals surface area contributed by atoms with Crippen molar-refractivity contribution >= 4 is 15.9 Å². The summed E-state index contributed by atoms with van der Waals surface area (Å²) in [5, 5.41) is 0. The molecule has 1 fully saturated rings. The van der Waals surface area contributed by atoms with Gasteiger partial charge in [-0.2, -0.15) is 0 Å². The van der Waals surface area contributed by atoms with Gasteiger partial charge in [0.05, 0.1) is 31.7 Å². The smallest absolute Gasteiger partial charge is 0.241 e. The van der Waals surface area contributed by atoms with Crippen molar-refractivity contribution in [2.45, 2.75) is 11.0 Å². The lowest BCUT2D eigenvalue weighted by Gasteiger charge is -2.33. The Hall–Kier alpha value is -2.49. The number of nitrogens with zero attached hydrogens (tertiary/aromatic N) is 1. The highest BCUT2D eigenvalue weighted by Crippen LogP contribution is 2.22. The van der Waals surface area contributed by atoms with Gasteiger partial charge in [0, 0.05) is 6.54 Å². The van der Waals surface area contributed by atoms with Gasteiger partial charge >= 0.3 is 0 Å². The lowest BCUT2D eigenvalue weighted by atomic mass is 10.1. The molecular formula is C19H21FN2O5S. The van der Waals surface area contributed by atoms with Crippen molar-refractivity contribution in [1.82, 2.24) is 9.62 Å². The number of carbonyl (C=O) groups excluding carboxylic acids is 1. The molecule has 7 nitrogen and oxygen atoms in total. The molecule has 0 bridgehead atoms. The van der Waals surface area contributed by atoms with E-state index in [4.69, 9.17) is 9.47 Å². The Morgan fingerprint density at radius 3 is 2.71 bits per heavy atom. The van der Waals surface area contributed by atoms with Crippen molar-refractivity contribution in [3.63, 3.8) is 0 Å². The molecule has 1 amide bonds. The predicted octanol–water partition coefficient (Wildman–Crippen LogP) is 1.71. The number of hydrogen-bond acceptors (Lipinski definition) is 5. The quantitative estimate of drug-likeness (QED) is 0.787.